The van der Waals surface area contributed by atoms with Crippen LogP contribution in [0, 0.1) is 11.3 Å². The first-order valence-electron chi connectivity index (χ1n) is 9.32. The van der Waals surface area contributed by atoms with E-state index in [4.69, 9.17) is 32.7 Å². The lowest BCUT2D eigenvalue weighted by molar-refractivity contribution is -0.112. The monoisotopic (exact) mass is 538 g/mol. The molecule has 0 aliphatic rings. The van der Waals surface area contributed by atoms with E-state index in [1.807, 2.05) is 12.1 Å². The molecule has 0 saturated carbocycles. The Morgan fingerprint density at radius 1 is 1.24 bits per heavy atom. The molecule has 0 aliphatic carbocycles. The largest absolute Gasteiger partial charge is 0.493 e. The first kappa shape index (κ1) is 25.5. The van der Waals surface area contributed by atoms with Crippen LogP contribution in [0.4, 0.5) is 5.13 Å². The molecule has 34 heavy (non-hydrogen) atoms. The van der Waals surface area contributed by atoms with Crippen LogP contribution < -0.4 is 14.8 Å². The highest BCUT2D eigenvalue weighted by atomic mass is 35.5. The third kappa shape index (κ3) is 6.24. The molecule has 9 nitrogen and oxygen atoms in total. The summed E-state index contributed by atoms with van der Waals surface area (Å²) in [7, 11) is -2.14. The van der Waals surface area contributed by atoms with Crippen LogP contribution in [-0.4, -0.2) is 37.9 Å². The Bertz CT molecular complexity index is 1410. The van der Waals surface area contributed by atoms with Gasteiger partial charge in [-0.05, 0) is 29.8 Å². The highest BCUT2D eigenvalue weighted by molar-refractivity contribution is 7.92. The molecule has 1 heterocycles. The van der Waals surface area contributed by atoms with Crippen molar-refractivity contribution in [1.82, 2.24) is 10.2 Å². The lowest BCUT2D eigenvalue weighted by atomic mass is 10.1. The quantitative estimate of drug-likeness (QED) is 0.254. The van der Waals surface area contributed by atoms with Gasteiger partial charge in [-0.1, -0.05) is 52.7 Å². The van der Waals surface area contributed by atoms with E-state index in [2.05, 4.69) is 15.5 Å². The van der Waals surface area contributed by atoms with Crippen LogP contribution in [0.15, 0.2) is 46.3 Å². The molecule has 2 aromatic carbocycles. The van der Waals surface area contributed by atoms with Crippen LogP contribution in [0.3, 0.4) is 0 Å². The number of ether oxygens (including phenoxy) is 2. The minimum absolute atomic E-state index is 0.0643. The smallest absolute Gasteiger partial charge is 0.268 e. The summed E-state index contributed by atoms with van der Waals surface area (Å²) in [5.74, 6) is -0.246. The molecule has 0 atom stereocenters. The zero-order valence-corrected chi connectivity index (χ0v) is 20.8. The maximum absolute atomic E-state index is 12.5. The molecule has 0 radical (unpaired) electrons. The number of methoxy groups -OCH3 is 1. The lowest BCUT2D eigenvalue weighted by Crippen LogP contribution is -2.13. The number of carbonyl (C=O) groups excluding carboxylic acids is 1. The third-order valence-electron chi connectivity index (χ3n) is 4.20. The lowest BCUT2D eigenvalue weighted by Gasteiger charge is -2.14. The second-order valence-corrected chi connectivity index (χ2v) is 10.7. The van der Waals surface area contributed by atoms with Gasteiger partial charge in [0.25, 0.3) is 5.91 Å². The number of nitrogens with one attached hydrogen (secondary N) is 1. The van der Waals surface area contributed by atoms with Gasteiger partial charge in [0.2, 0.25) is 19.3 Å². The molecule has 0 fully saturated rings. The van der Waals surface area contributed by atoms with Gasteiger partial charge in [-0.3, -0.25) is 10.1 Å². The van der Waals surface area contributed by atoms with Gasteiger partial charge in [0.15, 0.2) is 11.5 Å². The maximum atomic E-state index is 12.5. The first-order valence-corrected chi connectivity index (χ1v) is 12.8. The fourth-order valence-corrected chi connectivity index (χ4v) is 4.59. The first-order chi connectivity index (χ1) is 16.1. The summed E-state index contributed by atoms with van der Waals surface area (Å²) in [6.07, 6.45) is 2.26. The van der Waals surface area contributed by atoms with Crippen molar-refractivity contribution in [2.45, 2.75) is 10.9 Å². The molecule has 0 unspecified atom stereocenters. The summed E-state index contributed by atoms with van der Waals surface area (Å²) in [6.45, 7) is 0.147. The van der Waals surface area contributed by atoms with Gasteiger partial charge in [0.1, 0.15) is 18.2 Å². The van der Waals surface area contributed by atoms with Gasteiger partial charge in [-0.15, -0.1) is 10.2 Å². The Kier molecular flexibility index (Phi) is 8.11. The van der Waals surface area contributed by atoms with Gasteiger partial charge in [0, 0.05) is 16.8 Å². The van der Waals surface area contributed by atoms with Gasteiger partial charge in [0.05, 0.1) is 12.1 Å². The molecule has 0 aliphatic heterocycles. The molecule has 3 aromatic rings. The molecule has 0 spiro atoms. The van der Waals surface area contributed by atoms with E-state index in [0.29, 0.717) is 21.9 Å². The maximum Gasteiger partial charge on any atom is 0.268 e. The fraction of sp³-hybridized carbons (Fsp3) is 0.143. The fourth-order valence-electron chi connectivity index (χ4n) is 2.62. The Hall–Kier alpha value is -3.17. The molecular formula is C21H16Cl2N4O5S2. The average Bonchev–Trinajstić information content (AvgIpc) is 3.26. The Morgan fingerprint density at radius 2 is 1.97 bits per heavy atom. The summed E-state index contributed by atoms with van der Waals surface area (Å²) in [5, 5.41) is 19.6. The number of hydrogen-bond acceptors (Lipinski definition) is 9. The Morgan fingerprint density at radius 3 is 2.59 bits per heavy atom. The molecule has 3 rings (SSSR count). The van der Waals surface area contributed by atoms with E-state index in [1.165, 1.54) is 19.3 Å². The second-order valence-electron chi connectivity index (χ2n) is 6.68. The SMILES string of the molecule is COc1cc(C=C(C#N)C(=O)Nc2nnc(S(C)(=O)=O)s2)cc(Cl)c1OCc1ccccc1Cl. The molecule has 0 bridgehead atoms. The van der Waals surface area contributed by atoms with Crippen LogP contribution in [0.5, 0.6) is 11.5 Å². The summed E-state index contributed by atoms with van der Waals surface area (Å²) in [4.78, 5) is 12.5. The highest BCUT2D eigenvalue weighted by Crippen LogP contribution is 2.38. The second kappa shape index (κ2) is 10.8. The number of rotatable bonds is 8. The van der Waals surface area contributed by atoms with Crippen molar-refractivity contribution in [1.29, 1.82) is 5.26 Å². The predicted molar refractivity (Wildman–Crippen MR) is 129 cm³/mol. The number of nitriles is 1. The number of anilines is 1. The number of aromatic nitrogens is 2. The van der Waals surface area contributed by atoms with E-state index < -0.39 is 15.7 Å². The Labute approximate surface area is 209 Å². The topological polar surface area (TPSA) is 131 Å². The molecule has 0 saturated heterocycles. The van der Waals surface area contributed by atoms with E-state index in [9.17, 15) is 18.5 Å². The van der Waals surface area contributed by atoms with Crippen molar-refractivity contribution in [2.75, 3.05) is 18.7 Å². The van der Waals surface area contributed by atoms with Gasteiger partial charge in [-0.25, -0.2) is 8.42 Å². The number of amides is 1. The van der Waals surface area contributed by atoms with E-state index in [1.54, 1.807) is 24.3 Å². The van der Waals surface area contributed by atoms with Crippen molar-refractivity contribution in [3.63, 3.8) is 0 Å². The molecule has 1 N–H and O–H groups in total. The number of halogens is 2. The van der Waals surface area contributed by atoms with Crippen molar-refractivity contribution < 1.29 is 22.7 Å². The molecule has 13 heteroatoms. The van der Waals surface area contributed by atoms with Gasteiger partial charge in [-0.2, -0.15) is 5.26 Å². The molecule has 176 valence electrons. The van der Waals surface area contributed by atoms with Crippen molar-refractivity contribution in [2.24, 2.45) is 0 Å². The van der Waals surface area contributed by atoms with E-state index >= 15 is 0 Å². The van der Waals surface area contributed by atoms with Crippen LogP contribution in [0.25, 0.3) is 6.08 Å². The molecule has 1 aromatic heterocycles. The summed E-state index contributed by atoms with van der Waals surface area (Å²) < 4.78 is 33.9. The number of hydrogen-bond donors (Lipinski definition) is 1. The minimum Gasteiger partial charge on any atom is -0.493 e. The zero-order valence-electron chi connectivity index (χ0n) is 17.7. The summed E-state index contributed by atoms with van der Waals surface area (Å²) in [5.41, 5.74) is 0.872. The molecular weight excluding hydrogens is 523 g/mol. The highest BCUT2D eigenvalue weighted by Gasteiger charge is 2.18. The average molecular weight is 539 g/mol. The van der Waals surface area contributed by atoms with E-state index in [0.717, 1.165) is 11.8 Å². The predicted octanol–water partition coefficient (Wildman–Crippen LogP) is 4.38. The van der Waals surface area contributed by atoms with Crippen molar-refractivity contribution in [3.8, 4) is 17.6 Å². The van der Waals surface area contributed by atoms with Crippen LogP contribution in [0.1, 0.15) is 11.1 Å². The van der Waals surface area contributed by atoms with Crippen LogP contribution in [0.2, 0.25) is 10.0 Å². The standard InChI is InChI=1S/C21H16Cl2N4O5S2/c1-31-17-9-12(8-16(23)18(17)32-11-13-5-3-4-6-15(13)22)7-14(10-24)19(28)25-20-26-27-21(33-20)34(2,29)30/h3-9H,11H2,1-2H3,(H,25,26,28). The normalized spacial score (nSPS) is 11.6. The zero-order chi connectivity index (χ0) is 24.9. The summed E-state index contributed by atoms with van der Waals surface area (Å²) in [6, 6.07) is 12.0. The number of sulfone groups is 1. The number of benzene rings is 2. The number of nitrogens with zero attached hydrogens (tertiary/aromatic N) is 3. The van der Waals surface area contributed by atoms with E-state index in [-0.39, 0.29) is 38.2 Å². The third-order valence-corrected chi connectivity index (χ3v) is 7.36. The van der Waals surface area contributed by atoms with Crippen LogP contribution >= 0.6 is 34.5 Å². The van der Waals surface area contributed by atoms with Crippen molar-refractivity contribution in [3.05, 3.63) is 63.1 Å². The minimum atomic E-state index is -3.57. The Balaban J connectivity index is 1.82. The number of carbonyl (C=O) groups is 1. The van der Waals surface area contributed by atoms with Crippen molar-refractivity contribution >= 4 is 61.5 Å². The summed E-state index contributed by atoms with van der Waals surface area (Å²) >= 11 is 13.2. The van der Waals surface area contributed by atoms with Crippen LogP contribution in [-0.2, 0) is 21.2 Å². The molecule has 1 amide bonds. The van der Waals surface area contributed by atoms with Gasteiger partial charge < -0.3 is 9.47 Å². The van der Waals surface area contributed by atoms with Gasteiger partial charge >= 0.3 is 0 Å².